The van der Waals surface area contributed by atoms with Gasteiger partial charge in [-0.25, -0.2) is 0 Å². The van der Waals surface area contributed by atoms with Gasteiger partial charge in [-0.3, -0.25) is 9.78 Å². The summed E-state index contributed by atoms with van der Waals surface area (Å²) in [5.74, 6) is 1.61. The highest BCUT2D eigenvalue weighted by Crippen LogP contribution is 2.33. The van der Waals surface area contributed by atoms with Gasteiger partial charge in [0.25, 0.3) is 5.91 Å². The lowest BCUT2D eigenvalue weighted by Gasteiger charge is -2.36. The molecule has 1 atom stereocenters. The fraction of sp³-hybridized carbons (Fsp3) is 0.407. The number of rotatable bonds is 5. The lowest BCUT2D eigenvalue weighted by Crippen LogP contribution is -2.52. The van der Waals surface area contributed by atoms with Crippen molar-refractivity contribution in [3.63, 3.8) is 0 Å². The number of pyridine rings is 1. The van der Waals surface area contributed by atoms with Gasteiger partial charge in [0.2, 0.25) is 0 Å². The van der Waals surface area contributed by atoms with Gasteiger partial charge in [-0.1, -0.05) is 38.5 Å². The molecule has 2 aromatic heterocycles. The van der Waals surface area contributed by atoms with Crippen LogP contribution in [0.5, 0.6) is 5.75 Å². The molecule has 7 heteroatoms. The molecule has 1 aliphatic rings. The van der Waals surface area contributed by atoms with E-state index in [0.29, 0.717) is 26.2 Å². The molecule has 0 bridgehead atoms. The minimum atomic E-state index is -0.547. The Balaban J connectivity index is 1.36. The minimum absolute atomic E-state index is 0.0121. The van der Waals surface area contributed by atoms with E-state index in [1.807, 2.05) is 48.2 Å². The lowest BCUT2D eigenvalue weighted by molar-refractivity contribution is -0.138. The van der Waals surface area contributed by atoms with Crippen LogP contribution in [0.25, 0.3) is 11.3 Å². The second-order valence-electron chi connectivity index (χ2n) is 9.84. The van der Waals surface area contributed by atoms with E-state index in [1.165, 1.54) is 5.56 Å². The van der Waals surface area contributed by atoms with Gasteiger partial charge in [0.05, 0.1) is 5.69 Å². The molecule has 178 valence electrons. The zero-order valence-electron chi connectivity index (χ0n) is 20.7. The SMILES string of the molecule is Cc1ccc(OC(C)C(=O)N2CCN(c3ccc(-c4cccnc4)nn3)CC2)c(C(C)(C)C)c1. The third-order valence-electron chi connectivity index (χ3n) is 6.12. The molecule has 1 unspecified atom stereocenters. The third kappa shape index (κ3) is 5.35. The molecule has 0 spiro atoms. The van der Waals surface area contributed by atoms with E-state index in [9.17, 15) is 4.79 Å². The fourth-order valence-corrected chi connectivity index (χ4v) is 4.15. The van der Waals surface area contributed by atoms with Crippen LogP contribution in [0.4, 0.5) is 5.82 Å². The van der Waals surface area contributed by atoms with Gasteiger partial charge in [-0.15, -0.1) is 10.2 Å². The molecule has 0 radical (unpaired) electrons. The smallest absolute Gasteiger partial charge is 0.263 e. The van der Waals surface area contributed by atoms with Crippen LogP contribution >= 0.6 is 0 Å². The van der Waals surface area contributed by atoms with Gasteiger partial charge in [0.15, 0.2) is 11.9 Å². The summed E-state index contributed by atoms with van der Waals surface area (Å²) in [7, 11) is 0. The molecule has 1 amide bonds. The second kappa shape index (κ2) is 9.79. The van der Waals surface area contributed by atoms with E-state index in [0.717, 1.165) is 28.4 Å². The number of anilines is 1. The van der Waals surface area contributed by atoms with Crippen LogP contribution in [0.3, 0.4) is 0 Å². The van der Waals surface area contributed by atoms with Crippen LogP contribution in [0.15, 0.2) is 54.9 Å². The van der Waals surface area contributed by atoms with E-state index in [4.69, 9.17) is 4.74 Å². The number of hydrogen-bond donors (Lipinski definition) is 0. The Labute approximate surface area is 201 Å². The van der Waals surface area contributed by atoms with Gasteiger partial charge in [-0.2, -0.15) is 0 Å². The number of carbonyl (C=O) groups is 1. The van der Waals surface area contributed by atoms with E-state index >= 15 is 0 Å². The van der Waals surface area contributed by atoms with Gasteiger partial charge in [0.1, 0.15) is 5.75 Å². The predicted molar refractivity (Wildman–Crippen MR) is 134 cm³/mol. The summed E-state index contributed by atoms with van der Waals surface area (Å²) in [6, 6.07) is 13.9. The first-order valence-electron chi connectivity index (χ1n) is 11.8. The molecule has 1 saturated heterocycles. The highest BCUT2D eigenvalue weighted by Gasteiger charge is 2.28. The first-order chi connectivity index (χ1) is 16.2. The average Bonchev–Trinajstić information content (AvgIpc) is 2.85. The van der Waals surface area contributed by atoms with Crippen LogP contribution in [0.2, 0.25) is 0 Å². The van der Waals surface area contributed by atoms with Crippen molar-refractivity contribution in [1.82, 2.24) is 20.1 Å². The third-order valence-corrected chi connectivity index (χ3v) is 6.12. The normalized spacial score (nSPS) is 15.2. The van der Waals surface area contributed by atoms with E-state index in [2.05, 4.69) is 53.8 Å². The molecule has 3 aromatic rings. The Morgan fingerprint density at radius 3 is 2.41 bits per heavy atom. The van der Waals surface area contributed by atoms with Crippen molar-refractivity contribution >= 4 is 11.7 Å². The molecular formula is C27H33N5O2. The molecule has 4 rings (SSSR count). The zero-order valence-corrected chi connectivity index (χ0v) is 20.7. The number of amides is 1. The minimum Gasteiger partial charge on any atom is -0.481 e. The van der Waals surface area contributed by atoms with Crippen LogP contribution in [-0.4, -0.2) is 58.3 Å². The number of piperazine rings is 1. The van der Waals surface area contributed by atoms with Gasteiger partial charge < -0.3 is 14.5 Å². The predicted octanol–water partition coefficient (Wildman–Crippen LogP) is 4.26. The summed E-state index contributed by atoms with van der Waals surface area (Å²) >= 11 is 0. The van der Waals surface area contributed by atoms with Crippen molar-refractivity contribution in [2.24, 2.45) is 0 Å². The maximum absolute atomic E-state index is 13.1. The molecular weight excluding hydrogens is 426 g/mol. The summed E-state index contributed by atoms with van der Waals surface area (Å²) in [5, 5.41) is 8.75. The molecule has 0 N–H and O–H groups in total. The van der Waals surface area contributed by atoms with Crippen molar-refractivity contribution in [2.45, 2.75) is 46.1 Å². The highest BCUT2D eigenvalue weighted by atomic mass is 16.5. The maximum Gasteiger partial charge on any atom is 0.263 e. The van der Waals surface area contributed by atoms with Crippen LogP contribution in [0, 0.1) is 6.92 Å². The largest absolute Gasteiger partial charge is 0.481 e. The molecule has 1 fully saturated rings. The van der Waals surface area contributed by atoms with Crippen molar-refractivity contribution < 1.29 is 9.53 Å². The number of aryl methyl sites for hydroxylation is 1. The molecule has 1 aromatic carbocycles. The Hall–Kier alpha value is -3.48. The number of hydrogen-bond acceptors (Lipinski definition) is 6. The number of carbonyl (C=O) groups excluding carboxylic acids is 1. The van der Waals surface area contributed by atoms with Crippen molar-refractivity contribution in [1.29, 1.82) is 0 Å². The molecule has 34 heavy (non-hydrogen) atoms. The van der Waals surface area contributed by atoms with E-state index in [-0.39, 0.29) is 11.3 Å². The summed E-state index contributed by atoms with van der Waals surface area (Å²) in [5.41, 5.74) is 3.97. The number of benzene rings is 1. The highest BCUT2D eigenvalue weighted by molar-refractivity contribution is 5.81. The number of ether oxygens (including phenoxy) is 1. The molecule has 3 heterocycles. The van der Waals surface area contributed by atoms with Crippen LogP contribution in [-0.2, 0) is 10.2 Å². The molecule has 0 aliphatic carbocycles. The number of nitrogens with zero attached hydrogens (tertiary/aromatic N) is 5. The quantitative estimate of drug-likeness (QED) is 0.568. The monoisotopic (exact) mass is 459 g/mol. The fourth-order valence-electron chi connectivity index (χ4n) is 4.15. The van der Waals surface area contributed by atoms with E-state index in [1.54, 1.807) is 12.4 Å². The zero-order chi connectivity index (χ0) is 24.3. The second-order valence-corrected chi connectivity index (χ2v) is 9.84. The topological polar surface area (TPSA) is 71.5 Å². The number of aromatic nitrogens is 3. The molecule has 1 aliphatic heterocycles. The van der Waals surface area contributed by atoms with Crippen molar-refractivity contribution in [3.05, 3.63) is 66.0 Å². The van der Waals surface area contributed by atoms with Gasteiger partial charge >= 0.3 is 0 Å². The van der Waals surface area contributed by atoms with Gasteiger partial charge in [0, 0.05) is 44.1 Å². The Bertz CT molecular complexity index is 1120. The summed E-state index contributed by atoms with van der Waals surface area (Å²) < 4.78 is 6.18. The standard InChI is InChI=1S/C27H33N5O2/c1-19-8-10-24(22(17-19)27(3,4)5)34-20(2)26(33)32-15-13-31(14-16-32)25-11-9-23(29-30-25)21-7-6-12-28-18-21/h6-12,17-18,20H,13-16H2,1-5H3. The lowest BCUT2D eigenvalue weighted by atomic mass is 9.85. The Morgan fingerprint density at radius 1 is 1.03 bits per heavy atom. The Kier molecular flexibility index (Phi) is 6.82. The average molecular weight is 460 g/mol. The first kappa shape index (κ1) is 23.7. The summed E-state index contributed by atoms with van der Waals surface area (Å²) in [4.78, 5) is 21.3. The van der Waals surface area contributed by atoms with Crippen LogP contribution in [0.1, 0.15) is 38.8 Å². The first-order valence-corrected chi connectivity index (χ1v) is 11.8. The molecule has 0 saturated carbocycles. The summed E-state index contributed by atoms with van der Waals surface area (Å²) in [6.45, 7) is 13.0. The maximum atomic E-state index is 13.1. The van der Waals surface area contributed by atoms with Gasteiger partial charge in [-0.05, 0) is 55.2 Å². The Morgan fingerprint density at radius 2 is 1.79 bits per heavy atom. The van der Waals surface area contributed by atoms with Crippen molar-refractivity contribution in [3.8, 4) is 17.0 Å². The van der Waals surface area contributed by atoms with E-state index < -0.39 is 6.10 Å². The summed E-state index contributed by atoms with van der Waals surface area (Å²) in [6.07, 6.45) is 2.97. The molecule has 7 nitrogen and oxygen atoms in total. The van der Waals surface area contributed by atoms with Crippen molar-refractivity contribution in [2.75, 3.05) is 31.1 Å². The van der Waals surface area contributed by atoms with Crippen LogP contribution < -0.4 is 9.64 Å².